The Kier molecular flexibility index (Phi) is 7.89. The lowest BCUT2D eigenvalue weighted by Crippen LogP contribution is -2.31. The quantitative estimate of drug-likeness (QED) is 0.675. The number of likely N-dealkylation sites (N-methyl/N-ethyl adjacent to an activating group) is 1. The first kappa shape index (κ1) is 23.0. The minimum atomic E-state index is -3.61. The van der Waals surface area contributed by atoms with Gasteiger partial charge in [-0.15, -0.1) is 0 Å². The number of nitrogens with one attached hydrogen (secondary N) is 1. The molecule has 8 heteroatoms. The summed E-state index contributed by atoms with van der Waals surface area (Å²) in [5, 5.41) is 2.79. The van der Waals surface area contributed by atoms with Crippen molar-refractivity contribution in [2.24, 2.45) is 0 Å². The maximum absolute atomic E-state index is 13.3. The van der Waals surface area contributed by atoms with Gasteiger partial charge in [-0.2, -0.15) is 4.31 Å². The first-order chi connectivity index (χ1) is 13.7. The third-order valence-corrected chi connectivity index (χ3v) is 6.63. The number of benzene rings is 2. The number of aryl methyl sites for hydroxylation is 1. The van der Waals surface area contributed by atoms with Gasteiger partial charge < -0.3 is 5.32 Å². The SMILES string of the molecule is CCN(CC)S(=O)(=O)c1ccc(C)c(NC(=O)CN(C)Cc2cccc(F)c2)c1. The lowest BCUT2D eigenvalue weighted by molar-refractivity contribution is -0.117. The van der Waals surface area contributed by atoms with Gasteiger partial charge in [0.05, 0.1) is 11.4 Å². The van der Waals surface area contributed by atoms with Gasteiger partial charge in [0.2, 0.25) is 15.9 Å². The molecule has 158 valence electrons. The van der Waals surface area contributed by atoms with Gasteiger partial charge in [-0.05, 0) is 49.4 Å². The van der Waals surface area contributed by atoms with Gasteiger partial charge in [0.25, 0.3) is 0 Å². The van der Waals surface area contributed by atoms with E-state index in [1.165, 1.54) is 22.5 Å². The van der Waals surface area contributed by atoms with E-state index >= 15 is 0 Å². The normalized spacial score (nSPS) is 11.8. The maximum Gasteiger partial charge on any atom is 0.243 e. The minimum absolute atomic E-state index is 0.0863. The van der Waals surface area contributed by atoms with Crippen LogP contribution >= 0.6 is 0 Å². The first-order valence-electron chi connectivity index (χ1n) is 9.51. The van der Waals surface area contributed by atoms with E-state index in [1.807, 2.05) is 0 Å². The number of nitrogens with zero attached hydrogens (tertiary/aromatic N) is 2. The molecular formula is C21H28FN3O3S. The average molecular weight is 422 g/mol. The molecule has 1 amide bonds. The molecule has 0 saturated carbocycles. The number of hydrogen-bond donors (Lipinski definition) is 1. The Morgan fingerprint density at radius 1 is 1.10 bits per heavy atom. The Labute approximate surface area is 172 Å². The molecule has 0 aliphatic rings. The minimum Gasteiger partial charge on any atom is -0.325 e. The molecule has 0 unspecified atom stereocenters. The summed E-state index contributed by atoms with van der Waals surface area (Å²) in [5.74, 6) is -0.591. The Morgan fingerprint density at radius 3 is 2.41 bits per heavy atom. The number of carbonyl (C=O) groups is 1. The fourth-order valence-electron chi connectivity index (χ4n) is 3.05. The second kappa shape index (κ2) is 9.96. The highest BCUT2D eigenvalue weighted by molar-refractivity contribution is 7.89. The Hall–Kier alpha value is -2.29. The van der Waals surface area contributed by atoms with Crippen LogP contribution < -0.4 is 5.32 Å². The maximum atomic E-state index is 13.3. The van der Waals surface area contributed by atoms with Crippen LogP contribution in [0.5, 0.6) is 0 Å². The predicted molar refractivity (Wildman–Crippen MR) is 113 cm³/mol. The number of halogens is 1. The highest BCUT2D eigenvalue weighted by atomic mass is 32.2. The van der Waals surface area contributed by atoms with Crippen LogP contribution in [0.4, 0.5) is 10.1 Å². The van der Waals surface area contributed by atoms with Crippen molar-refractivity contribution >= 4 is 21.6 Å². The molecule has 0 bridgehead atoms. The van der Waals surface area contributed by atoms with E-state index in [1.54, 1.807) is 57.0 Å². The van der Waals surface area contributed by atoms with Gasteiger partial charge in [0.1, 0.15) is 5.82 Å². The van der Waals surface area contributed by atoms with Gasteiger partial charge in [-0.3, -0.25) is 9.69 Å². The first-order valence-corrected chi connectivity index (χ1v) is 10.9. The summed E-state index contributed by atoms with van der Waals surface area (Å²) in [4.78, 5) is 14.4. The zero-order chi connectivity index (χ0) is 21.6. The highest BCUT2D eigenvalue weighted by Gasteiger charge is 2.22. The molecule has 0 spiro atoms. The molecule has 0 aliphatic carbocycles. The molecule has 0 aliphatic heterocycles. The van der Waals surface area contributed by atoms with Crippen LogP contribution in [-0.4, -0.2) is 50.2 Å². The number of anilines is 1. The van der Waals surface area contributed by atoms with Crippen molar-refractivity contribution in [3.63, 3.8) is 0 Å². The molecule has 1 N–H and O–H groups in total. The van der Waals surface area contributed by atoms with Gasteiger partial charge in [0.15, 0.2) is 0 Å². The number of hydrogen-bond acceptors (Lipinski definition) is 4. The van der Waals surface area contributed by atoms with Crippen molar-refractivity contribution in [1.29, 1.82) is 0 Å². The summed E-state index contributed by atoms with van der Waals surface area (Å²) in [6.45, 7) is 6.63. The Bertz CT molecular complexity index is 959. The van der Waals surface area contributed by atoms with Crippen molar-refractivity contribution < 1.29 is 17.6 Å². The molecular weight excluding hydrogens is 393 g/mol. The van der Waals surface area contributed by atoms with Crippen molar-refractivity contribution in [1.82, 2.24) is 9.21 Å². The van der Waals surface area contributed by atoms with Crippen LogP contribution in [0.1, 0.15) is 25.0 Å². The van der Waals surface area contributed by atoms with Crippen LogP contribution in [0.3, 0.4) is 0 Å². The largest absolute Gasteiger partial charge is 0.325 e. The van der Waals surface area contributed by atoms with E-state index < -0.39 is 10.0 Å². The van der Waals surface area contributed by atoms with Crippen molar-refractivity contribution in [2.45, 2.75) is 32.2 Å². The third kappa shape index (κ3) is 6.09. The number of rotatable bonds is 9. The number of amides is 1. The topological polar surface area (TPSA) is 69.7 Å². The van der Waals surface area contributed by atoms with Crippen LogP contribution in [0.15, 0.2) is 47.4 Å². The van der Waals surface area contributed by atoms with Gasteiger partial charge in [0, 0.05) is 25.3 Å². The van der Waals surface area contributed by atoms with Crippen molar-refractivity contribution in [3.8, 4) is 0 Å². The zero-order valence-electron chi connectivity index (χ0n) is 17.3. The van der Waals surface area contributed by atoms with Crippen LogP contribution in [0, 0.1) is 12.7 Å². The lowest BCUT2D eigenvalue weighted by Gasteiger charge is -2.20. The van der Waals surface area contributed by atoms with E-state index in [-0.39, 0.29) is 23.2 Å². The highest BCUT2D eigenvalue weighted by Crippen LogP contribution is 2.23. The van der Waals surface area contributed by atoms with E-state index in [4.69, 9.17) is 0 Å². The molecule has 29 heavy (non-hydrogen) atoms. The smallest absolute Gasteiger partial charge is 0.243 e. The summed E-state index contributed by atoms with van der Waals surface area (Å²) < 4.78 is 40.1. The predicted octanol–water partition coefficient (Wildman–Crippen LogP) is 3.24. The summed E-state index contributed by atoms with van der Waals surface area (Å²) in [5.41, 5.74) is 2.00. The molecule has 0 radical (unpaired) electrons. The Morgan fingerprint density at radius 2 is 1.79 bits per heavy atom. The third-order valence-electron chi connectivity index (χ3n) is 4.58. The van der Waals surface area contributed by atoms with Crippen LogP contribution in [-0.2, 0) is 21.4 Å². The van der Waals surface area contributed by atoms with E-state index in [0.717, 1.165) is 11.1 Å². The molecule has 2 aromatic rings. The second-order valence-electron chi connectivity index (χ2n) is 6.92. The number of sulfonamides is 1. The molecule has 0 atom stereocenters. The lowest BCUT2D eigenvalue weighted by atomic mass is 10.2. The van der Waals surface area contributed by atoms with E-state index in [0.29, 0.717) is 25.3 Å². The van der Waals surface area contributed by atoms with Crippen LogP contribution in [0.25, 0.3) is 0 Å². The number of carbonyl (C=O) groups excluding carboxylic acids is 1. The standard InChI is InChI=1S/C21H28FN3O3S/c1-5-25(6-2)29(27,28)19-11-10-16(3)20(13-19)23-21(26)15-24(4)14-17-8-7-9-18(22)12-17/h7-13H,5-6,14-15H2,1-4H3,(H,23,26). The second-order valence-corrected chi connectivity index (χ2v) is 8.85. The Balaban J connectivity index is 2.10. The van der Waals surface area contributed by atoms with E-state index in [9.17, 15) is 17.6 Å². The van der Waals surface area contributed by atoms with Crippen molar-refractivity contribution in [3.05, 3.63) is 59.4 Å². The zero-order valence-corrected chi connectivity index (χ0v) is 18.1. The molecule has 0 aromatic heterocycles. The summed E-state index contributed by atoms with van der Waals surface area (Å²) in [7, 11) is -1.85. The van der Waals surface area contributed by atoms with Crippen LogP contribution in [0.2, 0.25) is 0 Å². The monoisotopic (exact) mass is 421 g/mol. The molecule has 2 aromatic carbocycles. The summed E-state index contributed by atoms with van der Waals surface area (Å²) in [6, 6.07) is 11.0. The molecule has 0 heterocycles. The van der Waals surface area contributed by atoms with Gasteiger partial charge >= 0.3 is 0 Å². The molecule has 6 nitrogen and oxygen atoms in total. The fourth-order valence-corrected chi connectivity index (χ4v) is 4.53. The fraction of sp³-hybridized carbons (Fsp3) is 0.381. The van der Waals surface area contributed by atoms with Crippen molar-refractivity contribution in [2.75, 3.05) is 32.0 Å². The van der Waals surface area contributed by atoms with Gasteiger partial charge in [-0.25, -0.2) is 12.8 Å². The summed E-state index contributed by atoms with van der Waals surface area (Å²) >= 11 is 0. The van der Waals surface area contributed by atoms with E-state index in [2.05, 4.69) is 5.32 Å². The summed E-state index contributed by atoms with van der Waals surface area (Å²) in [6.07, 6.45) is 0. The molecule has 0 fully saturated rings. The van der Waals surface area contributed by atoms with Gasteiger partial charge in [-0.1, -0.05) is 32.0 Å². The molecule has 2 rings (SSSR count). The molecule has 0 saturated heterocycles. The average Bonchev–Trinajstić information content (AvgIpc) is 2.64.